The first-order chi connectivity index (χ1) is 9.11. The quantitative estimate of drug-likeness (QED) is 0.617. The van der Waals surface area contributed by atoms with E-state index in [1.165, 1.54) is 0 Å². The van der Waals surface area contributed by atoms with E-state index in [0.717, 1.165) is 0 Å². The zero-order chi connectivity index (χ0) is 14.1. The van der Waals surface area contributed by atoms with E-state index in [4.69, 9.17) is 15.6 Å². The van der Waals surface area contributed by atoms with Gasteiger partial charge in [-0.15, -0.1) is 0 Å². The van der Waals surface area contributed by atoms with Gasteiger partial charge in [-0.1, -0.05) is 13.0 Å². The molecule has 0 aliphatic heterocycles. The van der Waals surface area contributed by atoms with E-state index < -0.39 is 0 Å². The Morgan fingerprint density at radius 3 is 3.00 bits per heavy atom. The standard InChI is InChI=1S/C14H22N2O3/c1-11(5-7-17)10-16-14(18)6-8-19-13-4-2-3-12(15)9-13/h2-4,9,11,17H,5-8,10,15H2,1H3,(H,16,18). The fraction of sp³-hybridized carbons (Fsp3) is 0.500. The van der Waals surface area contributed by atoms with Gasteiger partial charge in [0, 0.05) is 24.9 Å². The number of carbonyl (C=O) groups excluding carboxylic acids is 1. The van der Waals surface area contributed by atoms with Crippen LogP contribution in [-0.4, -0.2) is 30.8 Å². The Balaban J connectivity index is 2.17. The lowest BCUT2D eigenvalue weighted by Crippen LogP contribution is -2.29. The summed E-state index contributed by atoms with van der Waals surface area (Å²) >= 11 is 0. The maximum Gasteiger partial charge on any atom is 0.223 e. The molecule has 1 atom stereocenters. The van der Waals surface area contributed by atoms with Gasteiger partial charge >= 0.3 is 0 Å². The number of aliphatic hydroxyl groups is 1. The van der Waals surface area contributed by atoms with E-state index in [-0.39, 0.29) is 18.4 Å². The lowest BCUT2D eigenvalue weighted by molar-refractivity contribution is -0.121. The number of rotatable bonds is 8. The number of ether oxygens (including phenoxy) is 1. The number of anilines is 1. The Bertz CT molecular complexity index is 396. The molecule has 0 bridgehead atoms. The molecule has 4 N–H and O–H groups in total. The molecule has 1 rings (SSSR count). The van der Waals surface area contributed by atoms with Gasteiger partial charge in [-0.3, -0.25) is 4.79 Å². The Morgan fingerprint density at radius 2 is 2.32 bits per heavy atom. The molecule has 19 heavy (non-hydrogen) atoms. The highest BCUT2D eigenvalue weighted by Crippen LogP contribution is 2.14. The van der Waals surface area contributed by atoms with E-state index >= 15 is 0 Å². The minimum Gasteiger partial charge on any atom is -0.493 e. The monoisotopic (exact) mass is 266 g/mol. The average molecular weight is 266 g/mol. The third-order valence-corrected chi connectivity index (χ3v) is 2.73. The summed E-state index contributed by atoms with van der Waals surface area (Å²) in [4.78, 5) is 11.5. The Hall–Kier alpha value is -1.75. The second kappa shape index (κ2) is 8.37. The van der Waals surface area contributed by atoms with Crippen molar-refractivity contribution in [3.63, 3.8) is 0 Å². The van der Waals surface area contributed by atoms with Gasteiger partial charge in [0.05, 0.1) is 13.0 Å². The lowest BCUT2D eigenvalue weighted by atomic mass is 10.1. The van der Waals surface area contributed by atoms with E-state index in [0.29, 0.717) is 37.4 Å². The number of benzene rings is 1. The van der Waals surface area contributed by atoms with Crippen LogP contribution in [0.5, 0.6) is 5.75 Å². The van der Waals surface area contributed by atoms with Crippen molar-refractivity contribution in [3.05, 3.63) is 24.3 Å². The summed E-state index contributed by atoms with van der Waals surface area (Å²) in [5.74, 6) is 0.902. The van der Waals surface area contributed by atoms with E-state index in [1.54, 1.807) is 24.3 Å². The smallest absolute Gasteiger partial charge is 0.223 e. The first-order valence-corrected chi connectivity index (χ1v) is 6.47. The van der Waals surface area contributed by atoms with E-state index in [2.05, 4.69) is 5.32 Å². The van der Waals surface area contributed by atoms with Crippen LogP contribution in [0.4, 0.5) is 5.69 Å². The van der Waals surface area contributed by atoms with Gasteiger partial charge < -0.3 is 20.9 Å². The number of nitrogens with two attached hydrogens (primary N) is 1. The maximum atomic E-state index is 11.5. The molecule has 0 aromatic heterocycles. The molecular weight excluding hydrogens is 244 g/mol. The molecule has 1 unspecified atom stereocenters. The van der Waals surface area contributed by atoms with Crippen LogP contribution in [0.15, 0.2) is 24.3 Å². The van der Waals surface area contributed by atoms with Crippen molar-refractivity contribution in [2.75, 3.05) is 25.5 Å². The molecule has 1 aromatic rings. The Kier molecular flexibility index (Phi) is 6.74. The van der Waals surface area contributed by atoms with Crippen molar-refractivity contribution in [3.8, 4) is 5.75 Å². The number of aliphatic hydroxyl groups excluding tert-OH is 1. The van der Waals surface area contributed by atoms with Crippen molar-refractivity contribution >= 4 is 11.6 Å². The van der Waals surface area contributed by atoms with Gasteiger partial charge in [0.1, 0.15) is 5.75 Å². The van der Waals surface area contributed by atoms with Crippen LogP contribution in [-0.2, 0) is 4.79 Å². The minimum absolute atomic E-state index is 0.0475. The molecule has 1 aromatic carbocycles. The molecule has 0 aliphatic carbocycles. The van der Waals surface area contributed by atoms with Crippen molar-refractivity contribution < 1.29 is 14.6 Å². The van der Waals surface area contributed by atoms with Gasteiger partial charge in [-0.25, -0.2) is 0 Å². The number of amides is 1. The normalized spacial score (nSPS) is 11.9. The fourth-order valence-corrected chi connectivity index (χ4v) is 1.56. The van der Waals surface area contributed by atoms with E-state index in [1.807, 2.05) is 6.92 Å². The van der Waals surface area contributed by atoms with Crippen LogP contribution in [0.3, 0.4) is 0 Å². The molecule has 0 fully saturated rings. The van der Waals surface area contributed by atoms with Crippen molar-refractivity contribution in [2.24, 2.45) is 5.92 Å². The van der Waals surface area contributed by atoms with Gasteiger partial charge in [-0.05, 0) is 24.5 Å². The highest BCUT2D eigenvalue weighted by atomic mass is 16.5. The summed E-state index contributed by atoms with van der Waals surface area (Å²) in [6, 6.07) is 7.11. The minimum atomic E-state index is -0.0475. The molecular formula is C14H22N2O3. The number of nitrogens with one attached hydrogen (secondary N) is 1. The number of hydrogen-bond donors (Lipinski definition) is 3. The van der Waals surface area contributed by atoms with Gasteiger partial charge in [0.15, 0.2) is 0 Å². The molecule has 106 valence electrons. The number of nitrogen functional groups attached to an aromatic ring is 1. The zero-order valence-corrected chi connectivity index (χ0v) is 11.3. The van der Waals surface area contributed by atoms with Crippen LogP contribution in [0.1, 0.15) is 19.8 Å². The first kappa shape index (κ1) is 15.3. The molecule has 0 radical (unpaired) electrons. The summed E-state index contributed by atoms with van der Waals surface area (Å²) in [7, 11) is 0. The lowest BCUT2D eigenvalue weighted by Gasteiger charge is -2.11. The SMILES string of the molecule is CC(CCO)CNC(=O)CCOc1cccc(N)c1. The summed E-state index contributed by atoms with van der Waals surface area (Å²) in [6.45, 7) is 3.04. The number of hydrogen-bond acceptors (Lipinski definition) is 4. The van der Waals surface area contributed by atoms with Crippen molar-refractivity contribution in [1.29, 1.82) is 0 Å². The van der Waals surface area contributed by atoms with Crippen LogP contribution in [0.2, 0.25) is 0 Å². The van der Waals surface area contributed by atoms with Crippen molar-refractivity contribution in [1.82, 2.24) is 5.32 Å². The topological polar surface area (TPSA) is 84.6 Å². The van der Waals surface area contributed by atoms with Gasteiger partial charge in [0.2, 0.25) is 5.91 Å². The Morgan fingerprint density at radius 1 is 1.53 bits per heavy atom. The molecule has 0 saturated carbocycles. The van der Waals surface area contributed by atoms with Crippen molar-refractivity contribution in [2.45, 2.75) is 19.8 Å². The summed E-state index contributed by atoms with van der Waals surface area (Å²) in [5.41, 5.74) is 6.26. The molecule has 1 amide bonds. The second-order valence-electron chi connectivity index (χ2n) is 4.59. The van der Waals surface area contributed by atoms with E-state index in [9.17, 15) is 4.79 Å². The maximum absolute atomic E-state index is 11.5. The summed E-state index contributed by atoms with van der Waals surface area (Å²) in [6.07, 6.45) is 1.00. The molecule has 0 heterocycles. The zero-order valence-electron chi connectivity index (χ0n) is 11.3. The van der Waals surface area contributed by atoms with Gasteiger partial charge in [0.25, 0.3) is 0 Å². The highest BCUT2D eigenvalue weighted by molar-refractivity contribution is 5.75. The third kappa shape index (κ3) is 6.67. The largest absolute Gasteiger partial charge is 0.493 e. The highest BCUT2D eigenvalue weighted by Gasteiger charge is 2.05. The molecule has 0 saturated heterocycles. The fourth-order valence-electron chi connectivity index (χ4n) is 1.56. The predicted octanol–water partition coefficient (Wildman–Crippen LogP) is 1.17. The van der Waals surface area contributed by atoms with Crippen LogP contribution in [0.25, 0.3) is 0 Å². The third-order valence-electron chi connectivity index (χ3n) is 2.73. The van der Waals surface area contributed by atoms with Crippen LogP contribution >= 0.6 is 0 Å². The summed E-state index contributed by atoms with van der Waals surface area (Å²) < 4.78 is 5.43. The molecule has 0 aliphatic rings. The molecule has 5 heteroatoms. The second-order valence-corrected chi connectivity index (χ2v) is 4.59. The Labute approximate surface area is 113 Å². The number of carbonyl (C=O) groups is 1. The summed E-state index contributed by atoms with van der Waals surface area (Å²) in [5, 5.41) is 11.6. The van der Waals surface area contributed by atoms with Crippen LogP contribution in [0, 0.1) is 5.92 Å². The van der Waals surface area contributed by atoms with Crippen LogP contribution < -0.4 is 15.8 Å². The predicted molar refractivity (Wildman–Crippen MR) is 74.8 cm³/mol. The molecule has 5 nitrogen and oxygen atoms in total. The first-order valence-electron chi connectivity index (χ1n) is 6.47. The van der Waals surface area contributed by atoms with Gasteiger partial charge in [-0.2, -0.15) is 0 Å². The average Bonchev–Trinajstić information content (AvgIpc) is 2.37. The molecule has 0 spiro atoms.